The zero-order chi connectivity index (χ0) is 17.7. The summed E-state index contributed by atoms with van der Waals surface area (Å²) in [5.41, 5.74) is 3.70. The maximum atomic E-state index is 11.5. The number of hydrogen-bond acceptors (Lipinski definition) is 4. The Morgan fingerprint density at radius 1 is 1.17 bits per heavy atom. The summed E-state index contributed by atoms with van der Waals surface area (Å²) in [5.74, 6) is 0.349. The summed E-state index contributed by atoms with van der Waals surface area (Å²) in [6, 6.07) is 11.4. The van der Waals surface area contributed by atoms with E-state index in [-0.39, 0.29) is 4.90 Å². The lowest BCUT2D eigenvalue weighted by atomic mass is 9.96. The van der Waals surface area contributed by atoms with Gasteiger partial charge in [-0.05, 0) is 42.9 Å². The van der Waals surface area contributed by atoms with Crippen molar-refractivity contribution >= 4 is 15.5 Å². The van der Waals surface area contributed by atoms with Crippen molar-refractivity contribution in [2.75, 3.05) is 6.26 Å². The molecule has 1 aromatic heterocycles. The minimum Gasteiger partial charge on any atom is -0.309 e. The molecule has 0 unspecified atom stereocenters. The van der Waals surface area contributed by atoms with Crippen LogP contribution in [0.5, 0.6) is 0 Å². The molecule has 1 N–H and O–H groups in total. The molecule has 0 bridgehead atoms. The van der Waals surface area contributed by atoms with E-state index in [0.717, 1.165) is 36.2 Å². The first-order valence-corrected chi connectivity index (χ1v) is 10.0. The first kappa shape index (κ1) is 18.3. The van der Waals surface area contributed by atoms with Crippen LogP contribution in [0.15, 0.2) is 47.5 Å². The smallest absolute Gasteiger partial charge is 0.177 e. The molecule has 1 heterocycles. The Morgan fingerprint density at radius 3 is 2.33 bits per heavy atom. The Bertz CT molecular complexity index is 794. The summed E-state index contributed by atoms with van der Waals surface area (Å²) in [6.45, 7) is 4.20. The van der Waals surface area contributed by atoms with Gasteiger partial charge in [0, 0.05) is 23.7 Å². The second-order valence-electron chi connectivity index (χ2n) is 6.18. The van der Waals surface area contributed by atoms with Crippen LogP contribution in [0.25, 0.3) is 11.3 Å². The third kappa shape index (κ3) is 4.74. The number of nitrogens with one attached hydrogen (secondary N) is 1. The molecule has 1 atom stereocenters. The zero-order valence-electron chi connectivity index (χ0n) is 14.4. The molecule has 0 aliphatic heterocycles. The third-order valence-corrected chi connectivity index (χ3v) is 5.40. The monoisotopic (exact) mass is 344 g/mol. The van der Waals surface area contributed by atoms with Gasteiger partial charge < -0.3 is 5.41 Å². The average Bonchev–Trinajstić information content (AvgIpc) is 2.58. The van der Waals surface area contributed by atoms with Gasteiger partial charge in [-0.3, -0.25) is 4.98 Å². The fraction of sp³-hybridized carbons (Fsp3) is 0.368. The highest BCUT2D eigenvalue weighted by molar-refractivity contribution is 7.90. The topological polar surface area (TPSA) is 70.9 Å². The van der Waals surface area contributed by atoms with Crippen molar-refractivity contribution in [1.82, 2.24) is 4.98 Å². The standard InChI is InChI=1S/C19H24N2O2S/c1-4-14(2)18(20)11-7-15-5-8-16(9-6-15)19-12-10-17(13-21-19)24(3,22)23/h5-6,8-10,12-14,20H,4,7,11H2,1-3H3/t14-/m1/s1. The molecule has 0 amide bonds. The van der Waals surface area contributed by atoms with Crippen LogP contribution in [0.2, 0.25) is 0 Å². The summed E-state index contributed by atoms with van der Waals surface area (Å²) >= 11 is 0. The maximum Gasteiger partial charge on any atom is 0.177 e. The van der Waals surface area contributed by atoms with Gasteiger partial charge in [-0.2, -0.15) is 0 Å². The van der Waals surface area contributed by atoms with Crippen LogP contribution in [0.1, 0.15) is 32.3 Å². The SMILES string of the molecule is CC[C@@H](C)C(=N)CCc1ccc(-c2ccc(S(C)(=O)=O)cn2)cc1. The van der Waals surface area contributed by atoms with Gasteiger partial charge in [0.2, 0.25) is 0 Å². The molecule has 0 spiro atoms. The molecule has 1 aromatic carbocycles. The van der Waals surface area contributed by atoms with Gasteiger partial charge in [0.1, 0.15) is 0 Å². The van der Waals surface area contributed by atoms with Crippen LogP contribution in [-0.4, -0.2) is 25.4 Å². The van der Waals surface area contributed by atoms with E-state index in [9.17, 15) is 8.42 Å². The fourth-order valence-electron chi connectivity index (χ4n) is 2.38. The molecule has 5 heteroatoms. The van der Waals surface area contributed by atoms with Gasteiger partial charge in [-0.25, -0.2) is 8.42 Å². The number of sulfone groups is 1. The number of rotatable bonds is 7. The van der Waals surface area contributed by atoms with Crippen LogP contribution in [0, 0.1) is 11.3 Å². The Kier molecular flexibility index (Phi) is 5.89. The summed E-state index contributed by atoms with van der Waals surface area (Å²) in [4.78, 5) is 4.47. The largest absolute Gasteiger partial charge is 0.309 e. The third-order valence-electron chi connectivity index (χ3n) is 4.30. The summed E-state index contributed by atoms with van der Waals surface area (Å²) in [7, 11) is -3.22. The van der Waals surface area contributed by atoms with Crippen molar-refractivity contribution in [3.8, 4) is 11.3 Å². The number of pyridine rings is 1. The molecule has 0 aliphatic rings. The predicted molar refractivity (Wildman–Crippen MR) is 98.3 cm³/mol. The first-order valence-electron chi connectivity index (χ1n) is 8.14. The van der Waals surface area contributed by atoms with Gasteiger partial charge in [0.25, 0.3) is 0 Å². The summed E-state index contributed by atoms with van der Waals surface area (Å²) in [5, 5.41) is 8.03. The Labute approximate surface area is 144 Å². The van der Waals surface area contributed by atoms with Gasteiger partial charge in [0.05, 0.1) is 10.6 Å². The molecule has 0 fully saturated rings. The van der Waals surface area contributed by atoms with E-state index in [4.69, 9.17) is 5.41 Å². The van der Waals surface area contributed by atoms with Crippen molar-refractivity contribution in [1.29, 1.82) is 5.41 Å². The average molecular weight is 344 g/mol. The quantitative estimate of drug-likeness (QED) is 0.767. The van der Waals surface area contributed by atoms with Crippen molar-refractivity contribution in [3.05, 3.63) is 48.2 Å². The highest BCUT2D eigenvalue weighted by Crippen LogP contribution is 2.20. The number of aromatic nitrogens is 1. The molecule has 0 saturated heterocycles. The van der Waals surface area contributed by atoms with Gasteiger partial charge >= 0.3 is 0 Å². The molecular weight excluding hydrogens is 320 g/mol. The van der Waals surface area contributed by atoms with Gasteiger partial charge in [-0.1, -0.05) is 38.1 Å². The van der Waals surface area contributed by atoms with Gasteiger partial charge in [-0.15, -0.1) is 0 Å². The van der Waals surface area contributed by atoms with E-state index in [2.05, 4.69) is 18.8 Å². The van der Waals surface area contributed by atoms with E-state index in [1.54, 1.807) is 12.1 Å². The molecule has 0 aliphatic carbocycles. The molecule has 2 aromatic rings. The van der Waals surface area contributed by atoms with Crippen LogP contribution in [0.3, 0.4) is 0 Å². The molecule has 24 heavy (non-hydrogen) atoms. The molecule has 4 nitrogen and oxygen atoms in total. The Morgan fingerprint density at radius 2 is 1.83 bits per heavy atom. The number of hydrogen-bond donors (Lipinski definition) is 1. The highest BCUT2D eigenvalue weighted by Gasteiger charge is 2.09. The number of benzene rings is 1. The van der Waals surface area contributed by atoms with E-state index in [0.29, 0.717) is 5.92 Å². The van der Waals surface area contributed by atoms with Crippen LogP contribution >= 0.6 is 0 Å². The Hall–Kier alpha value is -2.01. The normalized spacial score (nSPS) is 12.8. The van der Waals surface area contributed by atoms with Gasteiger partial charge in [0.15, 0.2) is 9.84 Å². The maximum absolute atomic E-state index is 11.5. The lowest BCUT2D eigenvalue weighted by molar-refractivity contribution is 0.601. The second kappa shape index (κ2) is 7.71. The number of aryl methyl sites for hydroxylation is 1. The van der Waals surface area contributed by atoms with E-state index in [1.165, 1.54) is 18.0 Å². The van der Waals surface area contributed by atoms with Crippen molar-refractivity contribution in [3.63, 3.8) is 0 Å². The lowest BCUT2D eigenvalue weighted by Crippen LogP contribution is -2.09. The van der Waals surface area contributed by atoms with Crippen LogP contribution in [0.4, 0.5) is 0 Å². The van der Waals surface area contributed by atoms with E-state index < -0.39 is 9.84 Å². The fourth-order valence-corrected chi connectivity index (χ4v) is 2.94. The minimum atomic E-state index is -3.22. The molecule has 0 saturated carbocycles. The molecule has 128 valence electrons. The molecule has 2 rings (SSSR count). The molecule has 0 radical (unpaired) electrons. The summed E-state index contributed by atoms with van der Waals surface area (Å²) < 4.78 is 22.9. The predicted octanol–water partition coefficient (Wildman–Crippen LogP) is 4.15. The molecular formula is C19H24N2O2S. The summed E-state index contributed by atoms with van der Waals surface area (Å²) in [6.07, 6.45) is 5.23. The minimum absolute atomic E-state index is 0.228. The van der Waals surface area contributed by atoms with Crippen LogP contribution in [-0.2, 0) is 16.3 Å². The first-order chi connectivity index (χ1) is 11.3. The van der Waals surface area contributed by atoms with Crippen molar-refractivity contribution in [2.45, 2.75) is 38.0 Å². The highest BCUT2D eigenvalue weighted by atomic mass is 32.2. The van der Waals surface area contributed by atoms with Crippen LogP contribution < -0.4 is 0 Å². The Balaban J connectivity index is 2.05. The van der Waals surface area contributed by atoms with E-state index in [1.807, 2.05) is 24.3 Å². The van der Waals surface area contributed by atoms with Crippen molar-refractivity contribution in [2.24, 2.45) is 5.92 Å². The lowest BCUT2D eigenvalue weighted by Gasteiger charge is -2.10. The second-order valence-corrected chi connectivity index (χ2v) is 8.20. The zero-order valence-corrected chi connectivity index (χ0v) is 15.2. The van der Waals surface area contributed by atoms with E-state index >= 15 is 0 Å². The number of nitrogens with zero attached hydrogens (tertiary/aromatic N) is 1. The van der Waals surface area contributed by atoms with Crippen molar-refractivity contribution < 1.29 is 8.42 Å².